The van der Waals surface area contributed by atoms with E-state index in [2.05, 4.69) is 5.32 Å². The van der Waals surface area contributed by atoms with Crippen molar-refractivity contribution in [3.8, 4) is 6.07 Å². The first-order valence-corrected chi connectivity index (χ1v) is 4.84. The molecule has 0 bridgehead atoms. The van der Waals surface area contributed by atoms with Crippen LogP contribution >= 0.6 is 0 Å². The number of nitriles is 1. The number of rotatable bonds is 2. The molecule has 1 heterocycles. The maximum Gasteiger partial charge on any atom is 0.234 e. The predicted molar refractivity (Wildman–Crippen MR) is 51.4 cm³/mol. The molecule has 1 saturated heterocycles. The van der Waals surface area contributed by atoms with Crippen molar-refractivity contribution in [1.82, 2.24) is 5.32 Å². The second-order valence-corrected chi connectivity index (χ2v) is 4.20. The van der Waals surface area contributed by atoms with E-state index in [-0.39, 0.29) is 24.0 Å². The van der Waals surface area contributed by atoms with E-state index >= 15 is 0 Å². The molecule has 4 heteroatoms. The van der Waals surface area contributed by atoms with Crippen LogP contribution in [0, 0.1) is 11.3 Å². The third kappa shape index (κ3) is 3.35. The van der Waals surface area contributed by atoms with Crippen LogP contribution in [0.25, 0.3) is 0 Å². The van der Waals surface area contributed by atoms with E-state index in [4.69, 9.17) is 10.00 Å². The summed E-state index contributed by atoms with van der Waals surface area (Å²) in [5.41, 5.74) is -0.164. The van der Waals surface area contributed by atoms with Crippen molar-refractivity contribution in [2.45, 2.75) is 44.8 Å². The maximum atomic E-state index is 11.1. The van der Waals surface area contributed by atoms with Gasteiger partial charge in [0.05, 0.1) is 11.7 Å². The van der Waals surface area contributed by atoms with Crippen molar-refractivity contribution in [2.75, 3.05) is 6.61 Å². The number of carbonyl (C=O) groups excluding carboxylic acids is 1. The van der Waals surface area contributed by atoms with E-state index in [9.17, 15) is 4.79 Å². The molecule has 0 aromatic rings. The summed E-state index contributed by atoms with van der Waals surface area (Å²) in [7, 11) is 0. The number of hydrogen-bond donors (Lipinski definition) is 1. The van der Waals surface area contributed by atoms with Crippen molar-refractivity contribution in [3.63, 3.8) is 0 Å². The fourth-order valence-electron chi connectivity index (χ4n) is 1.71. The van der Waals surface area contributed by atoms with Gasteiger partial charge in [0.2, 0.25) is 5.91 Å². The van der Waals surface area contributed by atoms with Gasteiger partial charge in [-0.25, -0.2) is 0 Å². The van der Waals surface area contributed by atoms with Crippen LogP contribution in [0.1, 0.15) is 33.1 Å². The first-order valence-electron chi connectivity index (χ1n) is 4.84. The number of amides is 1. The Morgan fingerprint density at radius 3 is 3.00 bits per heavy atom. The molecule has 1 fully saturated rings. The van der Waals surface area contributed by atoms with Crippen molar-refractivity contribution >= 4 is 5.91 Å². The predicted octanol–water partition coefficient (Wildman–Crippen LogP) is 0.974. The summed E-state index contributed by atoms with van der Waals surface area (Å²) in [6, 6.07) is 1.99. The van der Waals surface area contributed by atoms with E-state index < -0.39 is 0 Å². The van der Waals surface area contributed by atoms with Gasteiger partial charge < -0.3 is 10.1 Å². The second kappa shape index (κ2) is 4.43. The van der Waals surface area contributed by atoms with Gasteiger partial charge in [-0.05, 0) is 26.7 Å². The molecule has 1 rings (SSSR count). The quantitative estimate of drug-likeness (QED) is 0.716. The Labute approximate surface area is 84.2 Å². The van der Waals surface area contributed by atoms with Crippen LogP contribution in [0.4, 0.5) is 0 Å². The van der Waals surface area contributed by atoms with Gasteiger partial charge in [-0.3, -0.25) is 4.79 Å². The molecule has 1 amide bonds. The van der Waals surface area contributed by atoms with Gasteiger partial charge in [0.1, 0.15) is 6.42 Å². The van der Waals surface area contributed by atoms with Crippen LogP contribution < -0.4 is 5.32 Å². The lowest BCUT2D eigenvalue weighted by Crippen LogP contribution is -2.45. The molecule has 0 spiro atoms. The minimum Gasteiger partial charge on any atom is -0.375 e. The first-order chi connectivity index (χ1) is 6.53. The SMILES string of the molecule is CC1(C)CC(NC(=O)CC#N)CCO1. The van der Waals surface area contributed by atoms with Crippen LogP contribution in [-0.2, 0) is 9.53 Å². The lowest BCUT2D eigenvalue weighted by molar-refractivity contribution is -0.123. The van der Waals surface area contributed by atoms with Gasteiger partial charge in [0.25, 0.3) is 0 Å². The maximum absolute atomic E-state index is 11.1. The minimum atomic E-state index is -0.185. The van der Waals surface area contributed by atoms with Gasteiger partial charge in [0, 0.05) is 12.6 Å². The Balaban J connectivity index is 2.39. The average Bonchev–Trinajstić information content (AvgIpc) is 2.02. The smallest absolute Gasteiger partial charge is 0.234 e. The zero-order valence-corrected chi connectivity index (χ0v) is 8.67. The van der Waals surface area contributed by atoms with Crippen molar-refractivity contribution in [1.29, 1.82) is 5.26 Å². The minimum absolute atomic E-state index is 0.0578. The molecule has 14 heavy (non-hydrogen) atoms. The standard InChI is InChI=1S/C10H16N2O2/c1-10(2)7-8(4-6-14-10)12-9(13)3-5-11/h8H,3-4,6-7H2,1-2H3,(H,12,13). The zero-order chi connectivity index (χ0) is 10.6. The zero-order valence-electron chi connectivity index (χ0n) is 8.67. The molecule has 78 valence electrons. The Morgan fingerprint density at radius 2 is 2.43 bits per heavy atom. The summed E-state index contributed by atoms with van der Waals surface area (Å²) >= 11 is 0. The number of nitrogens with one attached hydrogen (secondary N) is 1. The van der Waals surface area contributed by atoms with Gasteiger partial charge in [-0.2, -0.15) is 5.26 Å². The van der Waals surface area contributed by atoms with Crippen LogP contribution in [0.15, 0.2) is 0 Å². The van der Waals surface area contributed by atoms with E-state index in [1.807, 2.05) is 19.9 Å². The summed E-state index contributed by atoms with van der Waals surface area (Å²) in [6.45, 7) is 4.69. The highest BCUT2D eigenvalue weighted by Crippen LogP contribution is 2.23. The van der Waals surface area contributed by atoms with E-state index in [1.165, 1.54) is 0 Å². The monoisotopic (exact) mass is 196 g/mol. The number of carbonyl (C=O) groups is 1. The van der Waals surface area contributed by atoms with Crippen LogP contribution in [0.3, 0.4) is 0 Å². The van der Waals surface area contributed by atoms with Crippen LogP contribution in [-0.4, -0.2) is 24.2 Å². The lowest BCUT2D eigenvalue weighted by Gasteiger charge is -2.35. The highest BCUT2D eigenvalue weighted by molar-refractivity contribution is 5.78. The molecule has 0 aromatic carbocycles. The Kier molecular flexibility index (Phi) is 3.48. The van der Waals surface area contributed by atoms with Crippen molar-refractivity contribution < 1.29 is 9.53 Å². The molecule has 1 atom stereocenters. The molecule has 1 N–H and O–H groups in total. The molecule has 1 aliphatic rings. The summed E-state index contributed by atoms with van der Waals surface area (Å²) < 4.78 is 5.52. The molecule has 0 aliphatic carbocycles. The van der Waals surface area contributed by atoms with Crippen LogP contribution in [0.2, 0.25) is 0 Å². The largest absolute Gasteiger partial charge is 0.375 e. The van der Waals surface area contributed by atoms with E-state index in [0.29, 0.717) is 6.61 Å². The number of ether oxygens (including phenoxy) is 1. The third-order valence-corrected chi connectivity index (χ3v) is 2.30. The number of hydrogen-bond acceptors (Lipinski definition) is 3. The summed E-state index contributed by atoms with van der Waals surface area (Å²) in [6.07, 6.45) is 1.59. The highest BCUT2D eigenvalue weighted by Gasteiger charge is 2.29. The molecule has 1 unspecified atom stereocenters. The van der Waals surface area contributed by atoms with Gasteiger partial charge in [-0.15, -0.1) is 0 Å². The fourth-order valence-corrected chi connectivity index (χ4v) is 1.71. The Morgan fingerprint density at radius 1 is 1.71 bits per heavy atom. The summed E-state index contributed by atoms with van der Waals surface area (Å²) in [5, 5.41) is 11.2. The normalized spacial score (nSPS) is 25.1. The summed E-state index contributed by atoms with van der Waals surface area (Å²) in [4.78, 5) is 11.1. The van der Waals surface area contributed by atoms with Gasteiger partial charge in [-0.1, -0.05) is 0 Å². The highest BCUT2D eigenvalue weighted by atomic mass is 16.5. The van der Waals surface area contributed by atoms with Crippen molar-refractivity contribution in [2.24, 2.45) is 0 Å². The topological polar surface area (TPSA) is 62.1 Å². The molecule has 1 aliphatic heterocycles. The first kappa shape index (κ1) is 11.0. The third-order valence-electron chi connectivity index (χ3n) is 2.30. The number of nitrogens with zero attached hydrogens (tertiary/aromatic N) is 1. The average molecular weight is 196 g/mol. The molecule has 0 saturated carbocycles. The second-order valence-electron chi connectivity index (χ2n) is 4.20. The van der Waals surface area contributed by atoms with Gasteiger partial charge >= 0.3 is 0 Å². The Bertz CT molecular complexity index is 255. The van der Waals surface area contributed by atoms with Gasteiger partial charge in [0.15, 0.2) is 0 Å². The fraction of sp³-hybridized carbons (Fsp3) is 0.800. The van der Waals surface area contributed by atoms with E-state index in [1.54, 1.807) is 0 Å². The Hall–Kier alpha value is -1.08. The summed E-state index contributed by atoms with van der Waals surface area (Å²) in [5.74, 6) is -0.185. The lowest BCUT2D eigenvalue weighted by atomic mass is 9.94. The molecular weight excluding hydrogens is 180 g/mol. The molecule has 0 radical (unpaired) electrons. The van der Waals surface area contributed by atoms with Crippen molar-refractivity contribution in [3.05, 3.63) is 0 Å². The van der Waals surface area contributed by atoms with Crippen LogP contribution in [0.5, 0.6) is 0 Å². The molecular formula is C10H16N2O2. The molecule has 4 nitrogen and oxygen atoms in total. The molecule has 0 aromatic heterocycles. The van der Waals surface area contributed by atoms with E-state index in [0.717, 1.165) is 12.8 Å².